The molecule has 0 fully saturated rings. The molecule has 22 heavy (non-hydrogen) atoms. The summed E-state index contributed by atoms with van der Waals surface area (Å²) in [7, 11) is 3.52. The number of nitrogens with zero attached hydrogens (tertiary/aromatic N) is 3. The van der Waals surface area contributed by atoms with Gasteiger partial charge in [-0.25, -0.2) is 9.18 Å². The molecule has 0 radical (unpaired) electrons. The lowest BCUT2D eigenvalue weighted by atomic mass is 10.0. The number of rotatable bonds is 1. The molecule has 1 aromatic carbocycles. The van der Waals surface area contributed by atoms with Gasteiger partial charge in [0, 0.05) is 39.1 Å². The summed E-state index contributed by atoms with van der Waals surface area (Å²) in [6.45, 7) is 1.57. The van der Waals surface area contributed by atoms with E-state index < -0.39 is 0 Å². The van der Waals surface area contributed by atoms with Gasteiger partial charge in [0.1, 0.15) is 5.82 Å². The van der Waals surface area contributed by atoms with Crippen molar-refractivity contribution in [3.63, 3.8) is 0 Å². The molecule has 0 spiro atoms. The third-order valence-electron chi connectivity index (χ3n) is 4.07. The molecule has 3 rings (SSSR count). The quantitative estimate of drug-likeness (QED) is 0.795. The fraction of sp³-hybridized carbons (Fsp3) is 0.353. The highest BCUT2D eigenvalue weighted by Crippen LogP contribution is 2.32. The first-order valence-electron chi connectivity index (χ1n) is 7.46. The maximum absolute atomic E-state index is 13.3. The number of aryl methyl sites for hydroxylation is 1. The number of carbonyl (C=O) groups excluding carboxylic acids is 1. The van der Waals surface area contributed by atoms with E-state index in [1.165, 1.54) is 12.1 Å². The Bertz CT molecular complexity index is 663. The second-order valence-electron chi connectivity index (χ2n) is 5.80. The molecule has 1 aliphatic rings. The Kier molecular flexibility index (Phi) is 3.88. The van der Waals surface area contributed by atoms with Gasteiger partial charge >= 0.3 is 6.03 Å². The summed E-state index contributed by atoms with van der Waals surface area (Å²) in [6, 6.07) is 10.2. The number of carbonyl (C=O) groups is 1. The van der Waals surface area contributed by atoms with Crippen molar-refractivity contribution >= 4 is 6.03 Å². The van der Waals surface area contributed by atoms with Crippen molar-refractivity contribution in [1.29, 1.82) is 0 Å². The fourth-order valence-corrected chi connectivity index (χ4v) is 3.04. The average Bonchev–Trinajstić information content (AvgIpc) is 2.88. The number of hydrogen-bond acceptors (Lipinski definition) is 1. The van der Waals surface area contributed by atoms with Crippen molar-refractivity contribution in [2.24, 2.45) is 0 Å². The van der Waals surface area contributed by atoms with Crippen molar-refractivity contribution < 1.29 is 9.18 Å². The first-order valence-corrected chi connectivity index (χ1v) is 7.46. The molecule has 2 heterocycles. The van der Waals surface area contributed by atoms with Gasteiger partial charge in [-0.2, -0.15) is 0 Å². The number of fused-ring (bicyclic) bond motifs is 1. The highest BCUT2D eigenvalue weighted by molar-refractivity contribution is 5.75. The first kappa shape index (κ1) is 14.6. The zero-order chi connectivity index (χ0) is 15.7. The van der Waals surface area contributed by atoms with Crippen LogP contribution in [0.5, 0.6) is 0 Å². The molecule has 1 atom stereocenters. The van der Waals surface area contributed by atoms with Crippen molar-refractivity contribution in [2.75, 3.05) is 20.6 Å². The van der Waals surface area contributed by atoms with E-state index in [1.54, 1.807) is 31.1 Å². The van der Waals surface area contributed by atoms with E-state index in [4.69, 9.17) is 0 Å². The lowest BCUT2D eigenvalue weighted by molar-refractivity contribution is 0.158. The molecule has 0 saturated carbocycles. The van der Waals surface area contributed by atoms with Crippen molar-refractivity contribution in [2.45, 2.75) is 19.0 Å². The molecule has 1 aliphatic heterocycles. The third-order valence-corrected chi connectivity index (χ3v) is 4.07. The van der Waals surface area contributed by atoms with E-state index in [1.807, 2.05) is 23.2 Å². The monoisotopic (exact) mass is 301 g/mol. The van der Waals surface area contributed by atoms with Gasteiger partial charge in [-0.15, -0.1) is 0 Å². The number of benzene rings is 1. The molecular weight excluding hydrogens is 281 g/mol. The zero-order valence-corrected chi connectivity index (χ0v) is 12.9. The molecule has 4 nitrogen and oxygen atoms in total. The van der Waals surface area contributed by atoms with E-state index >= 15 is 0 Å². The molecule has 5 heteroatoms. The second-order valence-corrected chi connectivity index (χ2v) is 5.80. The van der Waals surface area contributed by atoms with E-state index in [0.29, 0.717) is 6.54 Å². The average molecular weight is 301 g/mol. The van der Waals surface area contributed by atoms with Gasteiger partial charge in [0.25, 0.3) is 0 Å². The molecule has 0 aliphatic carbocycles. The summed E-state index contributed by atoms with van der Waals surface area (Å²) in [4.78, 5) is 16.1. The Morgan fingerprint density at radius 1 is 1.18 bits per heavy atom. The number of amides is 2. The minimum atomic E-state index is -0.266. The predicted molar refractivity (Wildman–Crippen MR) is 83.1 cm³/mol. The van der Waals surface area contributed by atoms with Crippen LogP contribution in [0.25, 0.3) is 0 Å². The normalized spacial score (nSPS) is 17.8. The van der Waals surface area contributed by atoms with Crippen molar-refractivity contribution in [1.82, 2.24) is 14.4 Å². The van der Waals surface area contributed by atoms with Crippen LogP contribution in [0.3, 0.4) is 0 Å². The molecule has 0 N–H and O–H groups in total. The lowest BCUT2D eigenvalue weighted by Crippen LogP contribution is -2.42. The maximum Gasteiger partial charge on any atom is 0.320 e. The Hall–Kier alpha value is -2.30. The van der Waals surface area contributed by atoms with Crippen molar-refractivity contribution in [3.8, 4) is 0 Å². The van der Waals surface area contributed by atoms with Gasteiger partial charge in [-0.3, -0.25) is 0 Å². The van der Waals surface area contributed by atoms with Crippen LogP contribution < -0.4 is 0 Å². The first-order chi connectivity index (χ1) is 10.6. The van der Waals surface area contributed by atoms with Gasteiger partial charge < -0.3 is 14.4 Å². The molecule has 1 unspecified atom stereocenters. The molecule has 0 bridgehead atoms. The predicted octanol–water partition coefficient (Wildman–Crippen LogP) is 3.10. The van der Waals surface area contributed by atoms with Gasteiger partial charge in [0.15, 0.2) is 0 Å². The Morgan fingerprint density at radius 3 is 2.59 bits per heavy atom. The molecular formula is C17H20FN3O. The Morgan fingerprint density at radius 2 is 1.91 bits per heavy atom. The summed E-state index contributed by atoms with van der Waals surface area (Å²) in [5.41, 5.74) is 2.00. The summed E-state index contributed by atoms with van der Waals surface area (Å²) >= 11 is 0. The van der Waals surface area contributed by atoms with Gasteiger partial charge in [0.05, 0.1) is 6.04 Å². The number of hydrogen-bond donors (Lipinski definition) is 0. The minimum Gasteiger partial charge on any atom is -0.349 e. The van der Waals surface area contributed by atoms with Gasteiger partial charge in [-0.05, 0) is 36.2 Å². The minimum absolute atomic E-state index is 0.0241. The van der Waals surface area contributed by atoms with Crippen LogP contribution >= 0.6 is 0 Å². The van der Waals surface area contributed by atoms with E-state index in [2.05, 4.69) is 4.57 Å². The molecule has 2 amide bonds. The third kappa shape index (κ3) is 2.58. The molecule has 1 aromatic heterocycles. The summed E-state index contributed by atoms with van der Waals surface area (Å²) in [5, 5.41) is 0. The standard InChI is InChI=1S/C17H20FN3O/c1-19(2)17(22)21-12-4-11-20-10-3-5-15(20)16(21)13-6-8-14(18)9-7-13/h3,5-10,16H,4,11-12H2,1-2H3. The van der Waals surface area contributed by atoms with E-state index in [0.717, 1.165) is 24.2 Å². The Balaban J connectivity index is 2.09. The summed E-state index contributed by atoms with van der Waals surface area (Å²) in [5.74, 6) is -0.266. The van der Waals surface area contributed by atoms with Crippen LogP contribution in [0.15, 0.2) is 42.6 Å². The lowest BCUT2D eigenvalue weighted by Gasteiger charge is -2.32. The second kappa shape index (κ2) is 5.83. The molecule has 116 valence electrons. The number of aromatic nitrogens is 1. The van der Waals surface area contributed by atoms with Crippen molar-refractivity contribution in [3.05, 3.63) is 59.7 Å². The highest BCUT2D eigenvalue weighted by Gasteiger charge is 2.31. The van der Waals surface area contributed by atoms with Gasteiger partial charge in [-0.1, -0.05) is 12.1 Å². The van der Waals surface area contributed by atoms with Crippen LogP contribution in [0.4, 0.5) is 9.18 Å². The number of urea groups is 1. The SMILES string of the molecule is CN(C)C(=O)N1CCCn2cccc2C1c1ccc(F)cc1. The number of halogens is 1. The topological polar surface area (TPSA) is 28.5 Å². The largest absolute Gasteiger partial charge is 0.349 e. The smallest absolute Gasteiger partial charge is 0.320 e. The van der Waals surface area contributed by atoms with E-state index in [-0.39, 0.29) is 17.9 Å². The molecule has 2 aromatic rings. The fourth-order valence-electron chi connectivity index (χ4n) is 3.04. The van der Waals surface area contributed by atoms with Crippen LogP contribution in [-0.4, -0.2) is 41.0 Å². The highest BCUT2D eigenvalue weighted by atomic mass is 19.1. The van der Waals surface area contributed by atoms with Crippen LogP contribution in [0, 0.1) is 5.82 Å². The van der Waals surface area contributed by atoms with E-state index in [9.17, 15) is 9.18 Å². The van der Waals surface area contributed by atoms with Gasteiger partial charge in [0.2, 0.25) is 0 Å². The van der Waals surface area contributed by atoms with Crippen LogP contribution in [-0.2, 0) is 6.54 Å². The van der Waals surface area contributed by atoms with Crippen LogP contribution in [0.2, 0.25) is 0 Å². The zero-order valence-electron chi connectivity index (χ0n) is 12.9. The summed E-state index contributed by atoms with van der Waals surface area (Å²) < 4.78 is 15.4. The molecule has 0 saturated heterocycles. The van der Waals surface area contributed by atoms with Crippen LogP contribution in [0.1, 0.15) is 23.7 Å². The Labute approximate surface area is 129 Å². The maximum atomic E-state index is 13.3. The summed E-state index contributed by atoms with van der Waals surface area (Å²) in [6.07, 6.45) is 2.94.